The molecule has 0 unspecified atom stereocenters. The fourth-order valence-corrected chi connectivity index (χ4v) is 0.769. The van der Waals surface area contributed by atoms with Gasteiger partial charge < -0.3 is 4.65 Å². The number of halogens is 2. The van der Waals surface area contributed by atoms with Crippen molar-refractivity contribution in [1.29, 1.82) is 0 Å². The first-order valence-electron chi connectivity index (χ1n) is 2.94. The molecule has 0 aliphatic carbocycles. The first-order chi connectivity index (χ1) is 5.20. The lowest BCUT2D eigenvalue weighted by Crippen LogP contribution is -1.97. The number of hydrogen-bond acceptors (Lipinski definition) is 1. The van der Waals surface area contributed by atoms with Crippen LogP contribution in [-0.4, -0.2) is 4.56 Å². The Kier molecular flexibility index (Phi) is 12.4. The summed E-state index contributed by atoms with van der Waals surface area (Å²) in [6.45, 7) is 11.4. The topological polar surface area (TPSA) is 9.23 Å². The predicted octanol–water partition coefficient (Wildman–Crippen LogP) is 3.67. The van der Waals surface area contributed by atoms with Crippen LogP contribution < -0.4 is 0 Å². The first-order valence-corrected chi connectivity index (χ1v) is 4.77. The first kappa shape index (κ1) is 13.6. The third-order valence-corrected chi connectivity index (χ3v) is 1.08. The molecular weight excluding hydrogens is 271 g/mol. The summed E-state index contributed by atoms with van der Waals surface area (Å²) in [5.41, 5.74) is 0. The molecule has 0 aromatic heterocycles. The van der Waals surface area contributed by atoms with Crippen molar-refractivity contribution >= 4 is 36.1 Å². The largest absolute Gasteiger partial charge is 0.541 e. The zero-order valence-electron chi connectivity index (χ0n) is 6.52. The number of hydrogen-bond donors (Lipinski definition) is 0. The van der Waals surface area contributed by atoms with Crippen LogP contribution in [0.4, 0.5) is 0 Å². The average molecular weight is 282 g/mol. The molecule has 0 aliphatic heterocycles. The molecule has 0 rings (SSSR count). The monoisotopic (exact) mass is 280 g/mol. The molecule has 0 N–H and O–H groups in total. The molecule has 0 bridgehead atoms. The normalized spacial score (nSPS) is 9.18. The minimum absolute atomic E-state index is 0.130. The van der Waals surface area contributed by atoms with Crippen LogP contribution in [0.15, 0.2) is 37.6 Å². The summed E-state index contributed by atoms with van der Waals surface area (Å²) in [5.74, 6) is 0.758. The predicted molar refractivity (Wildman–Crippen MR) is 59.9 cm³/mol. The van der Waals surface area contributed by atoms with Crippen LogP contribution in [0.5, 0.6) is 0 Å². The maximum atomic E-state index is 5.12. The second-order valence-corrected chi connectivity index (χ2v) is 4.17. The van der Waals surface area contributed by atoms with E-state index in [4.69, 9.17) is 4.65 Å². The molecule has 0 saturated carbocycles. The van der Waals surface area contributed by atoms with E-state index in [1.54, 1.807) is 6.08 Å². The van der Waals surface area contributed by atoms with Gasteiger partial charge in [-0.3, -0.25) is 0 Å². The Bertz CT molecular complexity index is 134. The van der Waals surface area contributed by atoms with Crippen molar-refractivity contribution in [1.82, 2.24) is 0 Å². The van der Waals surface area contributed by atoms with E-state index >= 15 is 0 Å². The summed E-state index contributed by atoms with van der Waals surface area (Å²) < 4.78 is 4.99. The molecule has 0 saturated heterocycles. The molecule has 0 radical (unpaired) electrons. The van der Waals surface area contributed by atoms with Crippen molar-refractivity contribution in [3.05, 3.63) is 37.6 Å². The minimum atomic E-state index is -0.130. The summed E-state index contributed by atoms with van der Waals surface area (Å²) in [4.78, 5) is 0. The molecule has 0 amide bonds. The third kappa shape index (κ3) is 10.0. The van der Waals surface area contributed by atoms with Crippen LogP contribution in [0.2, 0.25) is 0 Å². The van der Waals surface area contributed by atoms with E-state index in [9.17, 15) is 0 Å². The fraction of sp³-hybridized carbons (Fsp3) is 0.143. The fourth-order valence-electron chi connectivity index (χ4n) is 0.337. The Morgan fingerprint density at radius 1 is 1.45 bits per heavy atom. The Hall–Kier alpha value is 0.0449. The Labute approximate surface area is 85.3 Å². The van der Waals surface area contributed by atoms with Gasteiger partial charge in [-0.15, -0.1) is 13.2 Å². The lowest BCUT2D eigenvalue weighted by Gasteiger charge is -2.03. The maximum Gasteiger partial charge on any atom is 0.514 e. The molecule has 4 heteroatoms. The van der Waals surface area contributed by atoms with E-state index in [1.165, 1.54) is 0 Å². The van der Waals surface area contributed by atoms with E-state index < -0.39 is 0 Å². The van der Waals surface area contributed by atoms with Crippen LogP contribution in [0.3, 0.4) is 0 Å². The van der Waals surface area contributed by atoms with Gasteiger partial charge in [0.15, 0.2) is 0 Å². The highest BCUT2D eigenvalue weighted by Crippen LogP contribution is 2.10. The highest BCUT2D eigenvalue weighted by atomic mass is 79.9. The van der Waals surface area contributed by atoms with Crippen LogP contribution in [0, 0.1) is 0 Å². The molecule has 0 spiro atoms. The van der Waals surface area contributed by atoms with Crippen molar-refractivity contribution in [3.63, 3.8) is 0 Å². The molecule has 0 fully saturated rings. The van der Waals surface area contributed by atoms with E-state index in [2.05, 4.69) is 51.3 Å². The molecule has 0 aromatic rings. The molecule has 62 valence electrons. The Balaban J connectivity index is 0. The Morgan fingerprint density at radius 2 is 1.91 bits per heavy atom. The molecule has 0 heterocycles. The van der Waals surface area contributed by atoms with Gasteiger partial charge in [-0.1, -0.05) is 38.1 Å². The molecular formula is C7H11BBr2O. The van der Waals surface area contributed by atoms with Gasteiger partial charge in [0.05, 0.1) is 5.76 Å². The summed E-state index contributed by atoms with van der Waals surface area (Å²) in [6, 6.07) is 0. The molecule has 1 nitrogen and oxygen atoms in total. The molecule has 0 aliphatic rings. The van der Waals surface area contributed by atoms with Crippen molar-refractivity contribution in [2.75, 3.05) is 0 Å². The Morgan fingerprint density at radius 3 is 2.00 bits per heavy atom. The standard InChI is InChI=1S/C5H7BBr2O.C2H4/c1-3-5(4-2)9-6(7)8;1-2/h3-4H,1H2,2H3;1-2H2/b5-4+;. The highest BCUT2D eigenvalue weighted by Gasteiger charge is 2.05. The zero-order chi connectivity index (χ0) is 9.28. The lowest BCUT2D eigenvalue weighted by molar-refractivity contribution is 0.484. The van der Waals surface area contributed by atoms with Gasteiger partial charge in [0.2, 0.25) is 0 Å². The molecule has 0 atom stereocenters. The van der Waals surface area contributed by atoms with E-state index in [0.29, 0.717) is 0 Å². The van der Waals surface area contributed by atoms with E-state index in [0.717, 1.165) is 5.76 Å². The van der Waals surface area contributed by atoms with Gasteiger partial charge in [0.25, 0.3) is 0 Å². The lowest BCUT2D eigenvalue weighted by atomic mass is 10.4. The van der Waals surface area contributed by atoms with Crippen LogP contribution in [-0.2, 0) is 4.65 Å². The van der Waals surface area contributed by atoms with Gasteiger partial charge in [0, 0.05) is 0 Å². The summed E-state index contributed by atoms with van der Waals surface area (Å²) in [6.07, 6.45) is 3.48. The minimum Gasteiger partial charge on any atom is -0.541 e. The molecule has 11 heavy (non-hydrogen) atoms. The quantitative estimate of drug-likeness (QED) is 0.332. The average Bonchev–Trinajstić information content (AvgIpc) is 2.03. The maximum absolute atomic E-state index is 5.12. The zero-order valence-corrected chi connectivity index (χ0v) is 9.69. The second kappa shape index (κ2) is 10.0. The van der Waals surface area contributed by atoms with Gasteiger partial charge >= 0.3 is 4.56 Å². The van der Waals surface area contributed by atoms with Gasteiger partial charge in [-0.25, -0.2) is 0 Å². The van der Waals surface area contributed by atoms with Crippen LogP contribution in [0.1, 0.15) is 6.92 Å². The van der Waals surface area contributed by atoms with Crippen molar-refractivity contribution in [2.24, 2.45) is 0 Å². The third-order valence-electron chi connectivity index (χ3n) is 0.711. The summed E-state index contributed by atoms with van der Waals surface area (Å²) in [7, 11) is 0. The van der Waals surface area contributed by atoms with Gasteiger partial charge in [-0.2, -0.15) is 0 Å². The van der Waals surface area contributed by atoms with Gasteiger partial charge in [0.1, 0.15) is 0 Å². The van der Waals surface area contributed by atoms with Crippen molar-refractivity contribution in [3.8, 4) is 0 Å². The number of rotatable bonds is 3. The second-order valence-electron chi connectivity index (χ2n) is 1.27. The van der Waals surface area contributed by atoms with Gasteiger partial charge in [-0.05, 0) is 19.1 Å². The smallest absolute Gasteiger partial charge is 0.514 e. The van der Waals surface area contributed by atoms with Crippen LogP contribution in [0.25, 0.3) is 0 Å². The van der Waals surface area contributed by atoms with E-state index in [-0.39, 0.29) is 4.56 Å². The molecule has 0 aromatic carbocycles. The van der Waals surface area contributed by atoms with E-state index in [1.807, 2.05) is 13.0 Å². The van der Waals surface area contributed by atoms with Crippen molar-refractivity contribution in [2.45, 2.75) is 6.92 Å². The highest BCUT2D eigenvalue weighted by molar-refractivity contribution is 9.48. The summed E-state index contributed by atoms with van der Waals surface area (Å²) in [5, 5.41) is 0. The summed E-state index contributed by atoms with van der Waals surface area (Å²) >= 11 is 6.32. The van der Waals surface area contributed by atoms with Crippen molar-refractivity contribution < 1.29 is 4.65 Å². The SMILES string of the molecule is C=C.C=C/C(=C\C)OB(Br)Br. The number of allylic oxidation sites excluding steroid dienone is 2. The van der Waals surface area contributed by atoms with Crippen LogP contribution >= 0.6 is 31.5 Å².